The van der Waals surface area contributed by atoms with Crippen molar-refractivity contribution in [3.63, 3.8) is 0 Å². The average molecular weight is 749 g/mol. The number of aromatic nitrogens is 2. The first kappa shape index (κ1) is 39.5. The van der Waals surface area contributed by atoms with Crippen LogP contribution in [0.15, 0.2) is 116 Å². The molecule has 280 valence electrons. The molecule has 0 spiro atoms. The second kappa shape index (κ2) is 19.4. The number of carbonyl (C=O) groups excluding carboxylic acids is 3. The molecule has 54 heavy (non-hydrogen) atoms. The van der Waals surface area contributed by atoms with Crippen LogP contribution in [0, 0.1) is 0 Å². The lowest BCUT2D eigenvalue weighted by Crippen LogP contribution is -2.54. The molecular weight excluding hydrogens is 704 g/mol. The van der Waals surface area contributed by atoms with Crippen molar-refractivity contribution < 1.29 is 28.6 Å². The number of hydrogen-bond donors (Lipinski definition) is 0. The van der Waals surface area contributed by atoms with E-state index < -0.39 is 17.7 Å². The van der Waals surface area contributed by atoms with Crippen LogP contribution in [0.1, 0.15) is 45.5 Å². The summed E-state index contributed by atoms with van der Waals surface area (Å²) in [5.74, 6) is -1.23. The number of benzene rings is 3. The van der Waals surface area contributed by atoms with Crippen molar-refractivity contribution in [3.8, 4) is 17.2 Å². The van der Waals surface area contributed by atoms with E-state index in [4.69, 9.17) is 25.8 Å². The summed E-state index contributed by atoms with van der Waals surface area (Å²) in [5, 5.41) is 0.543. The van der Waals surface area contributed by atoms with Gasteiger partial charge in [0, 0.05) is 61.4 Å². The quantitative estimate of drug-likeness (QED) is 0.0692. The average Bonchev–Trinajstić information content (AvgIpc) is 3.22. The third-order valence-electron chi connectivity index (χ3n) is 9.49. The molecule has 0 aliphatic heterocycles. The Morgan fingerprint density at radius 2 is 1.22 bits per heavy atom. The number of aryl methyl sites for hydroxylation is 2. The van der Waals surface area contributed by atoms with Crippen LogP contribution in [-0.2, 0) is 35.4 Å². The Morgan fingerprint density at radius 1 is 0.685 bits per heavy atom. The van der Waals surface area contributed by atoms with Crippen molar-refractivity contribution >= 4 is 29.2 Å². The van der Waals surface area contributed by atoms with E-state index in [1.54, 1.807) is 36.9 Å². The zero-order valence-electron chi connectivity index (χ0n) is 31.0. The number of hydrogen-bond acceptors (Lipinski definition) is 8. The highest BCUT2D eigenvalue weighted by Crippen LogP contribution is 2.38. The fraction of sp³-hybridized carbons (Fsp3) is 0.279. The summed E-state index contributed by atoms with van der Waals surface area (Å²) in [6.45, 7) is 0.303. The summed E-state index contributed by atoms with van der Waals surface area (Å²) in [7, 11) is 5.82. The van der Waals surface area contributed by atoms with Gasteiger partial charge < -0.3 is 24.0 Å². The highest BCUT2D eigenvalue weighted by molar-refractivity contribution is 6.43. The summed E-state index contributed by atoms with van der Waals surface area (Å²) < 4.78 is 16.3. The number of halogens is 1. The molecule has 11 heteroatoms. The van der Waals surface area contributed by atoms with Gasteiger partial charge in [0.25, 0.3) is 11.7 Å². The Balaban J connectivity index is 1.55. The molecule has 2 amide bonds. The second-order valence-electron chi connectivity index (χ2n) is 12.9. The number of rotatable bonds is 18. The molecule has 5 aromatic rings. The third kappa shape index (κ3) is 10.2. The Bertz CT molecular complexity index is 1910. The molecule has 2 heterocycles. The lowest BCUT2D eigenvalue weighted by atomic mass is 9.95. The first-order valence-electron chi connectivity index (χ1n) is 17.7. The number of methoxy groups -OCH3 is 3. The Kier molecular flexibility index (Phi) is 14.2. The van der Waals surface area contributed by atoms with Crippen molar-refractivity contribution in [2.75, 3.05) is 28.4 Å². The number of Topliss-reactive ketones (excluding diaryl/α,β-unsaturated/α-hetero) is 1. The minimum Gasteiger partial charge on any atom is -0.493 e. The van der Waals surface area contributed by atoms with Crippen molar-refractivity contribution in [1.82, 2.24) is 19.8 Å². The minimum absolute atomic E-state index is 0.0350. The van der Waals surface area contributed by atoms with Crippen LogP contribution < -0.4 is 14.2 Å². The van der Waals surface area contributed by atoms with E-state index in [-0.39, 0.29) is 41.2 Å². The lowest BCUT2D eigenvalue weighted by Gasteiger charge is -2.38. The van der Waals surface area contributed by atoms with Crippen molar-refractivity contribution in [2.24, 2.45) is 0 Å². The van der Waals surface area contributed by atoms with Crippen molar-refractivity contribution in [1.29, 1.82) is 0 Å². The van der Waals surface area contributed by atoms with Gasteiger partial charge in [-0.3, -0.25) is 24.4 Å². The molecule has 1 atom stereocenters. The van der Waals surface area contributed by atoms with Crippen LogP contribution in [0.4, 0.5) is 0 Å². The van der Waals surface area contributed by atoms with Crippen molar-refractivity contribution in [2.45, 2.75) is 50.7 Å². The maximum absolute atomic E-state index is 15.3. The molecule has 0 aliphatic rings. The normalized spacial score (nSPS) is 11.4. The molecular formula is C43H45ClN4O6. The number of ketones is 1. The molecule has 5 rings (SSSR count). The van der Waals surface area contributed by atoms with Gasteiger partial charge in [0.2, 0.25) is 11.7 Å². The number of carbonyl (C=O) groups is 3. The van der Waals surface area contributed by atoms with Crippen molar-refractivity contribution in [3.05, 3.63) is 149 Å². The van der Waals surface area contributed by atoms with Crippen LogP contribution in [0.3, 0.4) is 0 Å². The van der Waals surface area contributed by atoms with Gasteiger partial charge in [-0.1, -0.05) is 54.1 Å². The zero-order valence-corrected chi connectivity index (χ0v) is 31.7. The Hall–Kier alpha value is -5.74. The smallest absolute Gasteiger partial charge is 0.295 e. The molecule has 0 N–H and O–H groups in total. The molecule has 0 radical (unpaired) electrons. The van der Waals surface area contributed by atoms with Crippen LogP contribution in [0.5, 0.6) is 17.2 Å². The first-order valence-corrected chi connectivity index (χ1v) is 18.1. The monoisotopic (exact) mass is 748 g/mol. The number of ether oxygens (including phenoxy) is 3. The van der Waals surface area contributed by atoms with E-state index in [2.05, 4.69) is 9.97 Å². The molecule has 0 aliphatic carbocycles. The molecule has 0 fully saturated rings. The topological polar surface area (TPSA) is 111 Å². The molecule has 0 saturated heterocycles. The van der Waals surface area contributed by atoms with E-state index in [1.807, 2.05) is 71.6 Å². The molecule has 0 saturated carbocycles. The number of amides is 2. The van der Waals surface area contributed by atoms with Crippen LogP contribution in [0.25, 0.3) is 0 Å². The standard InChI is InChI=1S/C43H45ClN4O6/c1-47(43(51)40(49)34-27-38(52-2)41(54-4)39(28-34)53-3)37(26-32-10-14-35(44)15-11-32)42(50)48(29-33-8-6-5-7-9-33)36(16-12-30-18-22-45-23-19-30)17-13-31-20-24-46-25-21-31/h5-11,14-15,18-25,27-28,36-37H,12-13,16-17,26,29H2,1-4H3. The van der Waals surface area contributed by atoms with Gasteiger partial charge in [0.05, 0.1) is 21.3 Å². The largest absolute Gasteiger partial charge is 0.493 e. The van der Waals surface area contributed by atoms with Gasteiger partial charge in [-0.15, -0.1) is 0 Å². The molecule has 0 bridgehead atoms. The lowest BCUT2D eigenvalue weighted by molar-refractivity contribution is -0.145. The molecule has 10 nitrogen and oxygen atoms in total. The summed E-state index contributed by atoms with van der Waals surface area (Å²) in [6.07, 6.45) is 9.94. The highest BCUT2D eigenvalue weighted by atomic mass is 35.5. The molecule has 3 aromatic carbocycles. The zero-order chi connectivity index (χ0) is 38.5. The van der Waals surface area contributed by atoms with Crippen LogP contribution >= 0.6 is 11.6 Å². The highest BCUT2D eigenvalue weighted by Gasteiger charge is 2.37. The van der Waals surface area contributed by atoms with E-state index in [9.17, 15) is 9.59 Å². The fourth-order valence-corrected chi connectivity index (χ4v) is 6.58. The minimum atomic E-state index is -1.04. The number of pyridine rings is 2. The maximum atomic E-state index is 15.3. The van der Waals surface area contributed by atoms with Gasteiger partial charge >= 0.3 is 0 Å². The Labute approximate surface area is 321 Å². The predicted octanol–water partition coefficient (Wildman–Crippen LogP) is 7.07. The summed E-state index contributed by atoms with van der Waals surface area (Å²) in [5.41, 5.74) is 3.96. The fourth-order valence-electron chi connectivity index (χ4n) is 6.45. The van der Waals surface area contributed by atoms with E-state index in [1.165, 1.54) is 45.4 Å². The molecule has 1 unspecified atom stereocenters. The van der Waals surface area contributed by atoms with Gasteiger partial charge in [-0.2, -0.15) is 0 Å². The van der Waals surface area contributed by atoms with E-state index >= 15 is 4.79 Å². The van der Waals surface area contributed by atoms with E-state index in [0.717, 1.165) is 22.3 Å². The van der Waals surface area contributed by atoms with Gasteiger partial charge in [-0.05, 0) is 96.5 Å². The maximum Gasteiger partial charge on any atom is 0.295 e. The van der Waals surface area contributed by atoms with Gasteiger partial charge in [0.15, 0.2) is 11.5 Å². The molecule has 2 aromatic heterocycles. The number of nitrogens with zero attached hydrogens (tertiary/aromatic N) is 4. The summed E-state index contributed by atoms with van der Waals surface area (Å²) in [6, 6.07) is 26.4. The Morgan fingerprint density at radius 3 is 1.72 bits per heavy atom. The predicted molar refractivity (Wildman–Crippen MR) is 208 cm³/mol. The summed E-state index contributed by atoms with van der Waals surface area (Å²) in [4.78, 5) is 55.0. The SMILES string of the molecule is COc1cc(C(=O)C(=O)N(C)C(Cc2ccc(Cl)cc2)C(=O)N(Cc2ccccc2)C(CCc2ccncc2)CCc2ccncc2)cc(OC)c1OC. The second-order valence-corrected chi connectivity index (χ2v) is 13.3. The van der Waals surface area contributed by atoms with Crippen LogP contribution in [-0.4, -0.2) is 77.8 Å². The number of likely N-dealkylation sites (N-methyl/N-ethyl adjacent to an activating group) is 1. The third-order valence-corrected chi connectivity index (χ3v) is 9.74. The first-order chi connectivity index (χ1) is 26.2. The van der Waals surface area contributed by atoms with Gasteiger partial charge in [0.1, 0.15) is 6.04 Å². The van der Waals surface area contributed by atoms with Crippen LogP contribution in [0.2, 0.25) is 5.02 Å². The van der Waals surface area contributed by atoms with Gasteiger partial charge in [-0.25, -0.2) is 0 Å². The van der Waals surface area contributed by atoms with E-state index in [0.29, 0.717) is 37.3 Å². The summed E-state index contributed by atoms with van der Waals surface area (Å²) >= 11 is 6.24.